The number of alkyl halides is 3. The van der Waals surface area contributed by atoms with E-state index in [0.717, 1.165) is 31.5 Å². The van der Waals surface area contributed by atoms with Crippen molar-refractivity contribution in [3.63, 3.8) is 0 Å². The van der Waals surface area contributed by atoms with Crippen LogP contribution in [0.5, 0.6) is 0 Å². The molecular weight excluding hydrogens is 323 g/mol. The maximum Gasteiger partial charge on any atom is 0.416 e. The zero-order chi connectivity index (χ0) is 17.7. The van der Waals surface area contributed by atoms with Gasteiger partial charge in [-0.2, -0.15) is 13.2 Å². The van der Waals surface area contributed by atoms with Gasteiger partial charge in [-0.3, -0.25) is 4.90 Å². The smallest absolute Gasteiger partial charge is 0.300 e. The van der Waals surface area contributed by atoms with Crippen LogP contribution in [0.15, 0.2) is 54.6 Å². The third-order valence-corrected chi connectivity index (χ3v) is 5.03. The summed E-state index contributed by atoms with van der Waals surface area (Å²) in [4.78, 5) is 2.51. The molecule has 25 heavy (non-hydrogen) atoms. The van der Waals surface area contributed by atoms with Crippen molar-refractivity contribution in [2.45, 2.75) is 44.3 Å². The second-order valence-corrected chi connectivity index (χ2v) is 6.82. The molecule has 1 aliphatic heterocycles. The van der Waals surface area contributed by atoms with Gasteiger partial charge in [0.05, 0.1) is 5.56 Å². The average molecular weight is 347 g/mol. The van der Waals surface area contributed by atoms with E-state index >= 15 is 0 Å². The third-order valence-electron chi connectivity index (χ3n) is 5.03. The molecule has 2 aromatic carbocycles. The Morgan fingerprint density at radius 1 is 0.880 bits per heavy atom. The SMILES string of the molecule is FC(F)(F)c1ccc(CCN2CCCCC2Cc2ccccc2)cc1. The van der Waals surface area contributed by atoms with Crippen LogP contribution in [-0.2, 0) is 19.0 Å². The molecule has 1 atom stereocenters. The number of likely N-dealkylation sites (tertiary alicyclic amines) is 1. The van der Waals surface area contributed by atoms with E-state index in [1.807, 2.05) is 6.07 Å². The van der Waals surface area contributed by atoms with Crippen LogP contribution in [0.1, 0.15) is 36.0 Å². The molecule has 1 fully saturated rings. The Morgan fingerprint density at radius 3 is 2.28 bits per heavy atom. The number of nitrogens with zero attached hydrogens (tertiary/aromatic N) is 1. The standard InChI is InChI=1S/C21H24F3N/c22-21(23,24)19-11-9-17(10-12-19)13-15-25-14-5-4-8-20(25)16-18-6-2-1-3-7-18/h1-3,6-7,9-12,20H,4-5,8,13-16H2. The summed E-state index contributed by atoms with van der Waals surface area (Å²) in [6, 6.07) is 16.6. The van der Waals surface area contributed by atoms with Gasteiger partial charge in [-0.15, -0.1) is 0 Å². The van der Waals surface area contributed by atoms with Crippen LogP contribution in [0.4, 0.5) is 13.2 Å². The van der Waals surface area contributed by atoms with Crippen LogP contribution >= 0.6 is 0 Å². The van der Waals surface area contributed by atoms with Crippen molar-refractivity contribution in [3.8, 4) is 0 Å². The normalized spacial score (nSPS) is 19.1. The Hall–Kier alpha value is -1.81. The maximum absolute atomic E-state index is 12.6. The Kier molecular flexibility index (Phi) is 5.79. The third kappa shape index (κ3) is 5.08. The van der Waals surface area contributed by atoms with Crippen LogP contribution in [0.3, 0.4) is 0 Å². The van der Waals surface area contributed by atoms with Gasteiger partial charge < -0.3 is 0 Å². The van der Waals surface area contributed by atoms with Crippen molar-refractivity contribution in [2.75, 3.05) is 13.1 Å². The first-order valence-corrected chi connectivity index (χ1v) is 8.96. The lowest BCUT2D eigenvalue weighted by Gasteiger charge is -2.36. The number of benzene rings is 2. The van der Waals surface area contributed by atoms with Crippen molar-refractivity contribution in [3.05, 3.63) is 71.3 Å². The fourth-order valence-corrected chi connectivity index (χ4v) is 3.60. The van der Waals surface area contributed by atoms with Crippen molar-refractivity contribution >= 4 is 0 Å². The lowest BCUT2D eigenvalue weighted by Crippen LogP contribution is -2.42. The summed E-state index contributed by atoms with van der Waals surface area (Å²) in [5.41, 5.74) is 1.75. The van der Waals surface area contributed by atoms with Crippen LogP contribution in [0.2, 0.25) is 0 Å². The highest BCUT2D eigenvalue weighted by Crippen LogP contribution is 2.29. The van der Waals surface area contributed by atoms with E-state index in [1.54, 1.807) is 12.1 Å². The molecule has 0 spiro atoms. The van der Waals surface area contributed by atoms with Gasteiger partial charge >= 0.3 is 6.18 Å². The summed E-state index contributed by atoms with van der Waals surface area (Å²) >= 11 is 0. The van der Waals surface area contributed by atoms with Gasteiger partial charge in [0.2, 0.25) is 0 Å². The minimum atomic E-state index is -4.26. The van der Waals surface area contributed by atoms with Gasteiger partial charge in [-0.25, -0.2) is 0 Å². The summed E-state index contributed by atoms with van der Waals surface area (Å²) < 4.78 is 37.9. The fraction of sp³-hybridized carbons (Fsp3) is 0.429. The summed E-state index contributed by atoms with van der Waals surface area (Å²) in [7, 11) is 0. The largest absolute Gasteiger partial charge is 0.416 e. The molecule has 0 bridgehead atoms. The predicted octanol–water partition coefficient (Wildman–Crippen LogP) is 5.35. The van der Waals surface area contributed by atoms with Gasteiger partial charge in [0.15, 0.2) is 0 Å². The Morgan fingerprint density at radius 2 is 1.60 bits per heavy atom. The number of halogens is 3. The average Bonchev–Trinajstić information content (AvgIpc) is 2.61. The van der Waals surface area contributed by atoms with E-state index in [-0.39, 0.29) is 0 Å². The molecule has 0 amide bonds. The van der Waals surface area contributed by atoms with Gasteiger partial charge in [0, 0.05) is 12.6 Å². The van der Waals surface area contributed by atoms with Gasteiger partial charge in [0.1, 0.15) is 0 Å². The van der Waals surface area contributed by atoms with Crippen LogP contribution in [0, 0.1) is 0 Å². The zero-order valence-corrected chi connectivity index (χ0v) is 14.3. The number of hydrogen-bond donors (Lipinski definition) is 0. The minimum Gasteiger partial charge on any atom is -0.300 e. The first-order chi connectivity index (χ1) is 12.0. The highest BCUT2D eigenvalue weighted by Gasteiger charge is 2.30. The molecule has 1 saturated heterocycles. The van der Waals surface area contributed by atoms with Gasteiger partial charge in [0.25, 0.3) is 0 Å². The van der Waals surface area contributed by atoms with E-state index < -0.39 is 11.7 Å². The molecule has 134 valence electrons. The molecule has 2 aromatic rings. The molecule has 0 aliphatic carbocycles. The molecule has 1 heterocycles. The molecule has 0 N–H and O–H groups in total. The molecule has 1 aliphatic rings. The molecule has 3 rings (SSSR count). The second kappa shape index (κ2) is 8.05. The van der Waals surface area contributed by atoms with Crippen molar-refractivity contribution < 1.29 is 13.2 Å². The second-order valence-electron chi connectivity index (χ2n) is 6.82. The monoisotopic (exact) mass is 347 g/mol. The van der Waals surface area contributed by atoms with Crippen LogP contribution < -0.4 is 0 Å². The molecule has 1 unspecified atom stereocenters. The highest BCUT2D eigenvalue weighted by molar-refractivity contribution is 5.25. The maximum atomic E-state index is 12.6. The molecule has 4 heteroatoms. The molecular formula is C21H24F3N. The van der Waals surface area contributed by atoms with Crippen molar-refractivity contribution in [1.82, 2.24) is 4.90 Å². The lowest BCUT2D eigenvalue weighted by atomic mass is 9.95. The molecule has 0 aromatic heterocycles. The predicted molar refractivity (Wildman–Crippen MR) is 94.5 cm³/mol. The molecule has 0 radical (unpaired) electrons. The van der Waals surface area contributed by atoms with E-state index in [4.69, 9.17) is 0 Å². The fourth-order valence-electron chi connectivity index (χ4n) is 3.60. The van der Waals surface area contributed by atoms with Gasteiger partial charge in [-0.1, -0.05) is 48.9 Å². The first-order valence-electron chi connectivity index (χ1n) is 8.96. The summed E-state index contributed by atoms with van der Waals surface area (Å²) in [6.07, 6.45) is 1.25. The highest BCUT2D eigenvalue weighted by atomic mass is 19.4. The van der Waals surface area contributed by atoms with E-state index in [2.05, 4.69) is 29.2 Å². The molecule has 1 nitrogen and oxygen atoms in total. The van der Waals surface area contributed by atoms with E-state index in [1.165, 1.54) is 37.0 Å². The summed E-state index contributed by atoms with van der Waals surface area (Å²) in [5, 5.41) is 0. The van der Waals surface area contributed by atoms with E-state index in [9.17, 15) is 13.2 Å². The zero-order valence-electron chi connectivity index (χ0n) is 14.3. The summed E-state index contributed by atoms with van der Waals surface area (Å²) in [5.74, 6) is 0. The number of rotatable bonds is 5. The van der Waals surface area contributed by atoms with Crippen LogP contribution in [-0.4, -0.2) is 24.0 Å². The van der Waals surface area contributed by atoms with Crippen molar-refractivity contribution in [1.29, 1.82) is 0 Å². The van der Waals surface area contributed by atoms with Gasteiger partial charge in [-0.05, 0) is 55.5 Å². The summed E-state index contributed by atoms with van der Waals surface area (Å²) in [6.45, 7) is 1.99. The minimum absolute atomic E-state index is 0.533. The van der Waals surface area contributed by atoms with Crippen LogP contribution in [0.25, 0.3) is 0 Å². The topological polar surface area (TPSA) is 3.24 Å². The Bertz CT molecular complexity index is 649. The Labute approximate surface area is 147 Å². The van der Waals surface area contributed by atoms with E-state index in [0.29, 0.717) is 6.04 Å². The molecule has 0 saturated carbocycles. The lowest BCUT2D eigenvalue weighted by molar-refractivity contribution is -0.137. The quantitative estimate of drug-likeness (QED) is 0.705. The first kappa shape index (κ1) is 18.0. The Balaban J connectivity index is 1.58. The number of piperidine rings is 1. The van der Waals surface area contributed by atoms with Crippen molar-refractivity contribution in [2.24, 2.45) is 0 Å². The number of hydrogen-bond acceptors (Lipinski definition) is 1.